The number of piperidine rings is 2. The third-order valence-corrected chi connectivity index (χ3v) is 4.17. The molecule has 0 amide bonds. The molecule has 4 nitrogen and oxygen atoms in total. The van der Waals surface area contributed by atoms with Gasteiger partial charge in [-0.1, -0.05) is 6.92 Å². The maximum absolute atomic E-state index is 6.05. The lowest BCUT2D eigenvalue weighted by Gasteiger charge is -2.46. The van der Waals surface area contributed by atoms with Gasteiger partial charge in [0.2, 0.25) is 0 Å². The van der Waals surface area contributed by atoms with E-state index in [1.165, 1.54) is 25.8 Å². The van der Waals surface area contributed by atoms with Gasteiger partial charge in [-0.25, -0.2) is 0 Å². The Morgan fingerprint density at radius 2 is 2.18 bits per heavy atom. The highest BCUT2D eigenvalue weighted by Gasteiger charge is 2.34. The zero-order valence-electron chi connectivity index (χ0n) is 11.2. The maximum atomic E-state index is 6.05. The van der Waals surface area contributed by atoms with Crippen LogP contribution in [-0.2, 0) is 0 Å². The number of nitrogens with zero attached hydrogens (tertiary/aromatic N) is 3. The second-order valence-electron chi connectivity index (χ2n) is 5.42. The molecule has 2 rings (SSSR count). The van der Waals surface area contributed by atoms with Crippen LogP contribution >= 0.6 is 0 Å². The van der Waals surface area contributed by atoms with E-state index in [-0.39, 0.29) is 0 Å². The number of hydrogen-bond donors (Lipinski definition) is 1. The minimum atomic E-state index is 0.763. The van der Waals surface area contributed by atoms with Gasteiger partial charge in [0.1, 0.15) is 0 Å². The third kappa shape index (κ3) is 2.92. The van der Waals surface area contributed by atoms with Gasteiger partial charge in [-0.05, 0) is 45.2 Å². The Labute approximate surface area is 105 Å². The maximum Gasteiger partial charge on any atom is 0.191 e. The first-order chi connectivity index (χ1) is 8.22. The summed E-state index contributed by atoms with van der Waals surface area (Å²) in [5, 5.41) is 0. The largest absolute Gasteiger partial charge is 0.370 e. The van der Waals surface area contributed by atoms with E-state index < -0.39 is 0 Å². The molecule has 0 radical (unpaired) electrons. The molecule has 2 saturated heterocycles. The molecule has 2 aliphatic rings. The third-order valence-electron chi connectivity index (χ3n) is 4.17. The van der Waals surface area contributed by atoms with E-state index in [0.717, 1.165) is 44.0 Å². The zero-order valence-corrected chi connectivity index (χ0v) is 11.2. The highest BCUT2D eigenvalue weighted by molar-refractivity contribution is 5.78. The number of aliphatic imine (C=N–C) groups is 1. The molecule has 0 bridgehead atoms. The van der Waals surface area contributed by atoms with Gasteiger partial charge >= 0.3 is 0 Å². The smallest absolute Gasteiger partial charge is 0.191 e. The first-order valence-electron chi connectivity index (χ1n) is 6.97. The summed E-state index contributed by atoms with van der Waals surface area (Å²) in [4.78, 5) is 9.25. The van der Waals surface area contributed by atoms with Crippen LogP contribution in [0.5, 0.6) is 0 Å². The predicted octanol–water partition coefficient (Wildman–Crippen LogP) is 1.13. The number of fused-ring (bicyclic) bond motifs is 1. The van der Waals surface area contributed by atoms with Crippen molar-refractivity contribution < 1.29 is 0 Å². The standard InChI is InChI=1S/C13H26N4/c1-3-7-15-13(14)17-9-6-12-11(10-17)5-4-8-16(12)2/h11-12H,3-10H2,1-2H3,(H2,14,15). The fourth-order valence-electron chi connectivity index (χ4n) is 3.19. The molecule has 0 spiro atoms. The van der Waals surface area contributed by atoms with Crippen LogP contribution in [0, 0.1) is 5.92 Å². The van der Waals surface area contributed by atoms with Crippen molar-refractivity contribution in [2.45, 2.75) is 38.6 Å². The van der Waals surface area contributed by atoms with Gasteiger partial charge < -0.3 is 15.5 Å². The van der Waals surface area contributed by atoms with Gasteiger partial charge in [0, 0.05) is 25.7 Å². The van der Waals surface area contributed by atoms with Crippen LogP contribution in [0.2, 0.25) is 0 Å². The van der Waals surface area contributed by atoms with Crippen LogP contribution < -0.4 is 5.73 Å². The summed E-state index contributed by atoms with van der Waals surface area (Å²) in [6, 6.07) is 0.777. The van der Waals surface area contributed by atoms with E-state index in [9.17, 15) is 0 Å². The van der Waals surface area contributed by atoms with Gasteiger partial charge in [0.15, 0.2) is 5.96 Å². The van der Waals surface area contributed by atoms with Crippen LogP contribution in [0.3, 0.4) is 0 Å². The molecule has 2 N–H and O–H groups in total. The van der Waals surface area contributed by atoms with E-state index in [1.54, 1.807) is 0 Å². The summed E-state index contributed by atoms with van der Waals surface area (Å²) in [6.45, 7) is 6.44. The summed E-state index contributed by atoms with van der Waals surface area (Å²) in [6.07, 6.45) is 5.00. The van der Waals surface area contributed by atoms with Crippen LogP contribution in [0.15, 0.2) is 4.99 Å². The molecular weight excluding hydrogens is 212 g/mol. The Balaban J connectivity index is 1.93. The lowest BCUT2D eigenvalue weighted by Crippen LogP contribution is -2.55. The van der Waals surface area contributed by atoms with Crippen LogP contribution in [0.4, 0.5) is 0 Å². The van der Waals surface area contributed by atoms with Crippen molar-refractivity contribution in [3.05, 3.63) is 0 Å². The van der Waals surface area contributed by atoms with Crippen molar-refractivity contribution in [1.29, 1.82) is 0 Å². The van der Waals surface area contributed by atoms with E-state index >= 15 is 0 Å². The average molecular weight is 238 g/mol. The summed E-state index contributed by atoms with van der Waals surface area (Å²) in [5.74, 6) is 1.55. The molecule has 0 aliphatic carbocycles. The Morgan fingerprint density at radius 3 is 2.94 bits per heavy atom. The summed E-state index contributed by atoms with van der Waals surface area (Å²) >= 11 is 0. The summed E-state index contributed by atoms with van der Waals surface area (Å²) in [7, 11) is 2.26. The molecule has 2 fully saturated rings. The molecule has 98 valence electrons. The van der Waals surface area contributed by atoms with Crippen LogP contribution in [-0.4, -0.2) is 55.0 Å². The normalized spacial score (nSPS) is 31.4. The quantitative estimate of drug-likeness (QED) is 0.579. The van der Waals surface area contributed by atoms with Crippen LogP contribution in [0.25, 0.3) is 0 Å². The topological polar surface area (TPSA) is 44.9 Å². The number of rotatable bonds is 2. The van der Waals surface area contributed by atoms with Crippen molar-refractivity contribution in [3.63, 3.8) is 0 Å². The Kier molecular flexibility index (Phi) is 4.26. The molecule has 0 aromatic rings. The molecule has 17 heavy (non-hydrogen) atoms. The molecule has 2 atom stereocenters. The highest BCUT2D eigenvalue weighted by Crippen LogP contribution is 2.29. The van der Waals surface area contributed by atoms with Crippen molar-refractivity contribution in [2.75, 3.05) is 33.2 Å². The molecule has 0 saturated carbocycles. The van der Waals surface area contributed by atoms with Gasteiger partial charge in [0.05, 0.1) is 0 Å². The van der Waals surface area contributed by atoms with Crippen molar-refractivity contribution in [1.82, 2.24) is 9.80 Å². The fourth-order valence-corrected chi connectivity index (χ4v) is 3.19. The van der Waals surface area contributed by atoms with Crippen LogP contribution in [0.1, 0.15) is 32.6 Å². The Morgan fingerprint density at radius 1 is 1.35 bits per heavy atom. The zero-order chi connectivity index (χ0) is 12.3. The Hall–Kier alpha value is -0.770. The van der Waals surface area contributed by atoms with E-state index in [0.29, 0.717) is 0 Å². The first-order valence-corrected chi connectivity index (χ1v) is 6.97. The highest BCUT2D eigenvalue weighted by atomic mass is 15.3. The molecule has 0 aromatic carbocycles. The number of nitrogens with two attached hydrogens (primary N) is 1. The van der Waals surface area contributed by atoms with E-state index in [4.69, 9.17) is 5.73 Å². The van der Waals surface area contributed by atoms with Crippen molar-refractivity contribution >= 4 is 5.96 Å². The molecule has 0 aromatic heterocycles. The van der Waals surface area contributed by atoms with Gasteiger partial charge in [-0.15, -0.1) is 0 Å². The average Bonchev–Trinajstić information content (AvgIpc) is 2.36. The second-order valence-corrected chi connectivity index (χ2v) is 5.42. The SMILES string of the molecule is CCCN=C(N)N1CCC2C(CCCN2C)C1. The minimum absolute atomic E-state index is 0.763. The van der Waals surface area contributed by atoms with Crippen molar-refractivity contribution in [3.8, 4) is 0 Å². The number of guanidine groups is 1. The summed E-state index contributed by atoms with van der Waals surface area (Å²) in [5.41, 5.74) is 6.05. The van der Waals surface area contributed by atoms with Crippen molar-refractivity contribution in [2.24, 2.45) is 16.6 Å². The molecule has 2 aliphatic heterocycles. The fraction of sp³-hybridized carbons (Fsp3) is 0.923. The minimum Gasteiger partial charge on any atom is -0.370 e. The lowest BCUT2D eigenvalue weighted by atomic mass is 9.84. The van der Waals surface area contributed by atoms with Gasteiger partial charge in [-0.3, -0.25) is 4.99 Å². The lowest BCUT2D eigenvalue weighted by molar-refractivity contribution is 0.0627. The first kappa shape index (κ1) is 12.7. The Bertz CT molecular complexity index is 277. The molecule has 2 heterocycles. The second kappa shape index (κ2) is 5.71. The summed E-state index contributed by atoms with van der Waals surface area (Å²) < 4.78 is 0. The van der Waals surface area contributed by atoms with Gasteiger partial charge in [-0.2, -0.15) is 0 Å². The number of likely N-dealkylation sites (tertiary alicyclic amines) is 2. The predicted molar refractivity (Wildman–Crippen MR) is 72.1 cm³/mol. The molecule has 2 unspecified atom stereocenters. The molecule has 4 heteroatoms. The van der Waals surface area contributed by atoms with Gasteiger partial charge in [0.25, 0.3) is 0 Å². The number of hydrogen-bond acceptors (Lipinski definition) is 2. The molecular formula is C13H26N4. The van der Waals surface area contributed by atoms with E-state index in [2.05, 4.69) is 28.8 Å². The van der Waals surface area contributed by atoms with E-state index in [1.807, 2.05) is 0 Å². The monoisotopic (exact) mass is 238 g/mol.